The van der Waals surface area contributed by atoms with Gasteiger partial charge in [-0.15, -0.1) is 0 Å². The van der Waals surface area contributed by atoms with Gasteiger partial charge in [0.2, 0.25) is 11.8 Å². The summed E-state index contributed by atoms with van der Waals surface area (Å²) in [4.78, 5) is 50.4. The summed E-state index contributed by atoms with van der Waals surface area (Å²) in [5.74, 6) is -4.48. The number of nitrogens with zero attached hydrogens (tertiary/aromatic N) is 1. The van der Waals surface area contributed by atoms with Gasteiger partial charge in [-0.05, 0) is 54.7 Å². The average molecular weight is 455 g/mol. The third-order valence-electron chi connectivity index (χ3n) is 6.39. The van der Waals surface area contributed by atoms with Gasteiger partial charge in [0, 0.05) is 24.0 Å². The van der Waals surface area contributed by atoms with E-state index < -0.39 is 54.5 Å². The number of amides is 4. The van der Waals surface area contributed by atoms with Crippen LogP contribution in [0.1, 0.15) is 52.0 Å². The second-order valence-corrected chi connectivity index (χ2v) is 8.66. The lowest BCUT2D eigenvalue weighted by Crippen LogP contribution is -2.51. The fraction of sp³-hybridized carbons (Fsp3) is 0.333. The van der Waals surface area contributed by atoms with Crippen molar-refractivity contribution in [3.05, 3.63) is 59.2 Å². The van der Waals surface area contributed by atoms with Gasteiger partial charge in [-0.1, -0.05) is 24.3 Å². The van der Waals surface area contributed by atoms with Gasteiger partial charge in [0.25, 0.3) is 5.91 Å². The molecule has 0 bridgehead atoms. The largest absolute Gasteiger partial charge is 0.366 e. The molecule has 4 rings (SSSR count). The SMILES string of the molecule is Cc1cc(C(=O)CN2C(=O)NC3(CCC(F)(F)CC3)C2=O)ccc1-c1cccc(C(N)=O)c1. The highest BCUT2D eigenvalue weighted by atomic mass is 19.3. The van der Waals surface area contributed by atoms with Crippen LogP contribution in [0.25, 0.3) is 11.1 Å². The molecule has 9 heteroatoms. The Labute approximate surface area is 188 Å². The first kappa shape index (κ1) is 22.6. The van der Waals surface area contributed by atoms with Crippen LogP contribution in [0.4, 0.5) is 13.6 Å². The molecule has 2 aliphatic rings. The predicted octanol–water partition coefficient (Wildman–Crippen LogP) is 3.44. The summed E-state index contributed by atoms with van der Waals surface area (Å²) in [6, 6.07) is 11.0. The lowest BCUT2D eigenvalue weighted by atomic mass is 9.80. The smallest absolute Gasteiger partial charge is 0.325 e. The molecule has 1 saturated carbocycles. The number of nitrogens with two attached hydrogens (primary N) is 1. The highest BCUT2D eigenvalue weighted by Gasteiger charge is 2.55. The average Bonchev–Trinajstić information content (AvgIpc) is 3.00. The minimum atomic E-state index is -2.85. The third-order valence-corrected chi connectivity index (χ3v) is 6.39. The highest BCUT2D eigenvalue weighted by molar-refractivity contribution is 6.11. The van der Waals surface area contributed by atoms with Crippen LogP contribution in [-0.4, -0.2) is 46.5 Å². The van der Waals surface area contributed by atoms with Crippen molar-refractivity contribution in [2.75, 3.05) is 6.54 Å². The van der Waals surface area contributed by atoms with Crippen molar-refractivity contribution in [2.45, 2.75) is 44.1 Å². The molecule has 172 valence electrons. The molecular weight excluding hydrogens is 432 g/mol. The lowest BCUT2D eigenvalue weighted by Gasteiger charge is -2.34. The summed E-state index contributed by atoms with van der Waals surface area (Å²) in [7, 11) is 0. The zero-order valence-corrected chi connectivity index (χ0v) is 18.0. The summed E-state index contributed by atoms with van der Waals surface area (Å²) in [6.45, 7) is 1.33. The molecule has 0 aromatic heterocycles. The van der Waals surface area contributed by atoms with E-state index in [9.17, 15) is 28.0 Å². The lowest BCUT2D eigenvalue weighted by molar-refractivity contribution is -0.135. The first-order chi connectivity index (χ1) is 15.5. The molecule has 1 spiro atoms. The van der Waals surface area contributed by atoms with Crippen molar-refractivity contribution in [2.24, 2.45) is 5.73 Å². The number of ketones is 1. The molecule has 7 nitrogen and oxygen atoms in total. The van der Waals surface area contributed by atoms with Crippen LogP contribution in [0.2, 0.25) is 0 Å². The van der Waals surface area contributed by atoms with E-state index in [-0.39, 0.29) is 12.8 Å². The van der Waals surface area contributed by atoms with Crippen molar-refractivity contribution >= 4 is 23.6 Å². The van der Waals surface area contributed by atoms with Crippen molar-refractivity contribution in [3.63, 3.8) is 0 Å². The van der Waals surface area contributed by atoms with Crippen LogP contribution >= 0.6 is 0 Å². The summed E-state index contributed by atoms with van der Waals surface area (Å²) < 4.78 is 27.1. The Morgan fingerprint density at radius 3 is 2.36 bits per heavy atom. The second-order valence-electron chi connectivity index (χ2n) is 8.66. The van der Waals surface area contributed by atoms with Crippen molar-refractivity contribution in [1.82, 2.24) is 10.2 Å². The quantitative estimate of drug-likeness (QED) is 0.532. The monoisotopic (exact) mass is 455 g/mol. The molecule has 0 atom stereocenters. The Kier molecular flexibility index (Phi) is 5.51. The van der Waals surface area contributed by atoms with E-state index in [4.69, 9.17) is 5.73 Å². The van der Waals surface area contributed by atoms with Gasteiger partial charge >= 0.3 is 6.03 Å². The molecule has 3 N–H and O–H groups in total. The summed E-state index contributed by atoms with van der Waals surface area (Å²) in [6.07, 6.45) is -1.29. The van der Waals surface area contributed by atoms with E-state index in [0.717, 1.165) is 21.6 Å². The van der Waals surface area contributed by atoms with Gasteiger partial charge in [-0.2, -0.15) is 0 Å². The summed E-state index contributed by atoms with van der Waals surface area (Å²) in [5.41, 5.74) is 6.96. The van der Waals surface area contributed by atoms with Gasteiger partial charge in [-0.3, -0.25) is 19.3 Å². The molecule has 2 fully saturated rings. The summed E-state index contributed by atoms with van der Waals surface area (Å²) >= 11 is 0. The van der Waals surface area contributed by atoms with Crippen molar-refractivity contribution in [1.29, 1.82) is 0 Å². The molecule has 1 heterocycles. The number of halogens is 2. The molecule has 0 radical (unpaired) electrons. The Hall–Kier alpha value is -3.62. The van der Waals surface area contributed by atoms with E-state index in [1.807, 2.05) is 6.07 Å². The third kappa shape index (κ3) is 4.22. The Balaban J connectivity index is 1.51. The Bertz CT molecular complexity index is 1170. The molecule has 4 amide bonds. The van der Waals surface area contributed by atoms with Crippen molar-refractivity contribution in [3.8, 4) is 11.1 Å². The number of hydrogen-bond acceptors (Lipinski definition) is 4. The van der Waals surface area contributed by atoms with E-state index in [2.05, 4.69) is 5.32 Å². The van der Waals surface area contributed by atoms with E-state index in [1.165, 1.54) is 0 Å². The van der Waals surface area contributed by atoms with Crippen LogP contribution < -0.4 is 11.1 Å². The maximum Gasteiger partial charge on any atom is 0.325 e. The predicted molar refractivity (Wildman–Crippen MR) is 116 cm³/mol. The maximum absolute atomic E-state index is 13.5. The molecule has 1 aliphatic carbocycles. The Morgan fingerprint density at radius 2 is 1.73 bits per heavy atom. The van der Waals surface area contributed by atoms with Crippen LogP contribution in [-0.2, 0) is 4.79 Å². The van der Waals surface area contributed by atoms with Crippen LogP contribution in [0, 0.1) is 6.92 Å². The number of benzene rings is 2. The second kappa shape index (κ2) is 8.06. The fourth-order valence-electron chi connectivity index (χ4n) is 4.44. The number of Topliss-reactive ketones (excluding diaryl/α,β-unsaturated/α-hetero) is 1. The summed E-state index contributed by atoms with van der Waals surface area (Å²) in [5, 5.41) is 2.53. The molecular formula is C24H23F2N3O4. The van der Waals surface area contributed by atoms with Gasteiger partial charge in [0.05, 0.1) is 6.54 Å². The standard InChI is InChI=1S/C24H23F2N3O4/c1-14-11-16(5-6-18(14)15-3-2-4-17(12-15)20(27)31)19(30)13-29-21(32)23(28-22(29)33)7-9-24(25,26)10-8-23/h2-6,11-12H,7-10,13H2,1H3,(H2,27,31)(H,28,33). The zero-order valence-electron chi connectivity index (χ0n) is 18.0. The molecule has 0 unspecified atom stereocenters. The van der Waals surface area contributed by atoms with Crippen LogP contribution in [0.5, 0.6) is 0 Å². The topological polar surface area (TPSA) is 110 Å². The van der Waals surface area contributed by atoms with Gasteiger partial charge in [0.15, 0.2) is 5.78 Å². The minimum absolute atomic E-state index is 0.159. The fourth-order valence-corrected chi connectivity index (χ4v) is 4.44. The minimum Gasteiger partial charge on any atom is -0.366 e. The number of alkyl halides is 2. The number of imide groups is 1. The number of carbonyl (C=O) groups is 4. The van der Waals surface area contributed by atoms with Gasteiger partial charge in [-0.25, -0.2) is 13.6 Å². The number of aryl methyl sites for hydroxylation is 1. The Morgan fingerprint density at radius 1 is 1.03 bits per heavy atom. The zero-order chi connectivity index (χ0) is 24.0. The van der Waals surface area contributed by atoms with Crippen LogP contribution in [0.15, 0.2) is 42.5 Å². The van der Waals surface area contributed by atoms with Crippen molar-refractivity contribution < 1.29 is 28.0 Å². The maximum atomic E-state index is 13.5. The van der Waals surface area contributed by atoms with Gasteiger partial charge < -0.3 is 11.1 Å². The van der Waals surface area contributed by atoms with E-state index in [0.29, 0.717) is 11.1 Å². The van der Waals surface area contributed by atoms with E-state index >= 15 is 0 Å². The number of nitrogens with one attached hydrogen (secondary N) is 1. The number of carbonyl (C=O) groups excluding carboxylic acids is 4. The number of hydrogen-bond donors (Lipinski definition) is 2. The van der Waals surface area contributed by atoms with Crippen LogP contribution in [0.3, 0.4) is 0 Å². The normalized spacial score (nSPS) is 18.9. The highest BCUT2D eigenvalue weighted by Crippen LogP contribution is 2.41. The first-order valence-corrected chi connectivity index (χ1v) is 10.6. The first-order valence-electron chi connectivity index (χ1n) is 10.6. The number of urea groups is 1. The molecule has 2 aromatic rings. The molecule has 2 aromatic carbocycles. The molecule has 33 heavy (non-hydrogen) atoms. The molecule has 1 aliphatic heterocycles. The number of primary amides is 1. The van der Waals surface area contributed by atoms with Gasteiger partial charge in [0.1, 0.15) is 5.54 Å². The molecule has 1 saturated heterocycles. The van der Waals surface area contributed by atoms with E-state index in [1.54, 1.807) is 43.3 Å². The number of rotatable bonds is 5.